The normalized spacial score (nSPS) is 21.2. The zero-order valence-corrected chi connectivity index (χ0v) is 19.4. The number of nitrogens with two attached hydrogens (primary N) is 2. The molecule has 32 heavy (non-hydrogen) atoms. The van der Waals surface area contributed by atoms with Gasteiger partial charge in [0.1, 0.15) is 5.54 Å². The molecule has 4 rings (SSSR count). The van der Waals surface area contributed by atoms with E-state index in [0.717, 1.165) is 27.3 Å². The molecule has 1 aliphatic rings. The van der Waals surface area contributed by atoms with Crippen molar-refractivity contribution < 1.29 is 4.79 Å². The number of aliphatic imine (C=N–C) groups is 1. The number of rotatable bonds is 5. The Morgan fingerprint density at radius 1 is 1.12 bits per heavy atom. The fraction of sp³-hybridized carbons (Fsp3) is 0.231. The maximum absolute atomic E-state index is 13.3. The summed E-state index contributed by atoms with van der Waals surface area (Å²) in [5, 5.41) is 2.09. The van der Waals surface area contributed by atoms with Gasteiger partial charge in [-0.3, -0.25) is 9.69 Å². The van der Waals surface area contributed by atoms with Gasteiger partial charge in [0.15, 0.2) is 5.96 Å². The van der Waals surface area contributed by atoms with E-state index in [1.807, 2.05) is 43.3 Å². The lowest BCUT2D eigenvalue weighted by Gasteiger charge is -2.39. The summed E-state index contributed by atoms with van der Waals surface area (Å²) in [7, 11) is 1.69. The molecule has 0 saturated carbocycles. The second kappa shape index (κ2) is 8.63. The Hall–Kier alpha value is -3.38. The number of carbonyl (C=O) groups is 1. The summed E-state index contributed by atoms with van der Waals surface area (Å²) < 4.78 is 0. The van der Waals surface area contributed by atoms with Crippen molar-refractivity contribution in [1.29, 1.82) is 0 Å². The van der Waals surface area contributed by atoms with Gasteiger partial charge in [-0.2, -0.15) is 0 Å². The predicted octanol–water partition coefficient (Wildman–Crippen LogP) is 5.03. The van der Waals surface area contributed by atoms with Gasteiger partial charge in [-0.15, -0.1) is 11.3 Å². The summed E-state index contributed by atoms with van der Waals surface area (Å²) >= 11 is 1.60. The Morgan fingerprint density at radius 3 is 2.66 bits per heavy atom. The summed E-state index contributed by atoms with van der Waals surface area (Å²) in [4.78, 5) is 20.6. The van der Waals surface area contributed by atoms with Crippen LogP contribution in [0.4, 0.5) is 5.69 Å². The Kier molecular flexibility index (Phi) is 5.89. The maximum atomic E-state index is 13.3. The summed E-state index contributed by atoms with van der Waals surface area (Å²) in [6, 6.07) is 18.1. The molecule has 5 nitrogen and oxygen atoms in total. The van der Waals surface area contributed by atoms with E-state index in [9.17, 15) is 4.79 Å². The van der Waals surface area contributed by atoms with Crippen molar-refractivity contribution in [2.45, 2.75) is 25.8 Å². The minimum absolute atomic E-state index is 0.0201. The number of guanidine groups is 1. The molecule has 2 heterocycles. The third kappa shape index (κ3) is 4.06. The largest absolute Gasteiger partial charge is 0.399 e. The first-order chi connectivity index (χ1) is 15.3. The number of amides is 1. The standard InChI is InChI=1S/C26H28N4OS/c1-17-8-4-5-9-18(17)10-7-13-22-24(31)30(3)25(28)29-26(22,2)23-15-20(16-32-23)19-11-6-12-21(27)14-19/h4-12,14-16,22H,13,27H2,1-3H3,(H2,28,29)/b10-7+/t22?,26-/m0/s1. The van der Waals surface area contributed by atoms with Crippen molar-refractivity contribution in [3.05, 3.63) is 82.1 Å². The molecule has 0 spiro atoms. The lowest BCUT2D eigenvalue weighted by molar-refractivity contribution is -0.133. The summed E-state index contributed by atoms with van der Waals surface area (Å²) in [5.74, 6) is -0.128. The van der Waals surface area contributed by atoms with Crippen LogP contribution in [0, 0.1) is 12.8 Å². The summed E-state index contributed by atoms with van der Waals surface area (Å²) in [6.07, 6.45) is 4.72. The molecule has 0 saturated heterocycles. The molecule has 0 radical (unpaired) electrons. The second-order valence-corrected chi connectivity index (χ2v) is 9.30. The van der Waals surface area contributed by atoms with Crippen LogP contribution in [-0.4, -0.2) is 23.8 Å². The van der Waals surface area contributed by atoms with Gasteiger partial charge in [0, 0.05) is 17.6 Å². The number of nitrogen functional groups attached to an aromatic ring is 1. The Balaban J connectivity index is 1.69. The first kappa shape index (κ1) is 21.8. The summed E-state index contributed by atoms with van der Waals surface area (Å²) in [6.45, 7) is 4.09. The number of allylic oxidation sites excluding steroid dienone is 1. The Bertz CT molecular complexity index is 1210. The van der Waals surface area contributed by atoms with Gasteiger partial charge in [-0.05, 0) is 66.1 Å². The average molecular weight is 445 g/mol. The molecule has 1 aromatic heterocycles. The van der Waals surface area contributed by atoms with E-state index in [-0.39, 0.29) is 17.8 Å². The molecule has 1 unspecified atom stereocenters. The molecule has 0 aliphatic carbocycles. The van der Waals surface area contributed by atoms with Crippen molar-refractivity contribution in [3.8, 4) is 11.1 Å². The van der Waals surface area contributed by atoms with Crippen molar-refractivity contribution in [3.63, 3.8) is 0 Å². The zero-order valence-electron chi connectivity index (χ0n) is 18.6. The van der Waals surface area contributed by atoms with Crippen molar-refractivity contribution in [1.82, 2.24) is 4.90 Å². The highest BCUT2D eigenvalue weighted by Crippen LogP contribution is 2.44. The van der Waals surface area contributed by atoms with Gasteiger partial charge in [0.05, 0.1) is 5.92 Å². The Labute approximate surface area is 193 Å². The van der Waals surface area contributed by atoms with Crippen LogP contribution in [-0.2, 0) is 10.3 Å². The first-order valence-corrected chi connectivity index (χ1v) is 11.5. The van der Waals surface area contributed by atoms with E-state index < -0.39 is 5.54 Å². The first-order valence-electron chi connectivity index (χ1n) is 10.6. The van der Waals surface area contributed by atoms with Gasteiger partial charge in [0.25, 0.3) is 0 Å². The van der Waals surface area contributed by atoms with Gasteiger partial charge in [-0.25, -0.2) is 4.99 Å². The minimum Gasteiger partial charge on any atom is -0.399 e. The fourth-order valence-corrected chi connectivity index (χ4v) is 5.19. The average Bonchev–Trinajstić information content (AvgIpc) is 3.27. The number of nitrogens with zero attached hydrogens (tertiary/aromatic N) is 2. The quantitative estimate of drug-likeness (QED) is 0.542. The summed E-state index contributed by atoms with van der Waals surface area (Å²) in [5.41, 5.74) is 16.5. The highest BCUT2D eigenvalue weighted by Gasteiger charge is 2.46. The van der Waals surface area contributed by atoms with E-state index >= 15 is 0 Å². The molecule has 0 bridgehead atoms. The zero-order chi connectivity index (χ0) is 22.9. The Morgan fingerprint density at radius 2 is 1.91 bits per heavy atom. The minimum atomic E-state index is -0.743. The molecular formula is C26H28N4OS. The van der Waals surface area contributed by atoms with E-state index in [4.69, 9.17) is 16.5 Å². The third-order valence-electron chi connectivity index (χ3n) is 6.17. The molecule has 2 aromatic carbocycles. The molecular weight excluding hydrogens is 416 g/mol. The maximum Gasteiger partial charge on any atom is 0.235 e. The highest BCUT2D eigenvalue weighted by molar-refractivity contribution is 7.10. The van der Waals surface area contributed by atoms with Crippen LogP contribution < -0.4 is 11.5 Å². The van der Waals surface area contributed by atoms with Crippen LogP contribution in [0.2, 0.25) is 0 Å². The van der Waals surface area contributed by atoms with E-state index in [1.54, 1.807) is 18.4 Å². The molecule has 2 atom stereocenters. The smallest absolute Gasteiger partial charge is 0.235 e. The molecule has 3 aromatic rings. The number of carbonyl (C=O) groups excluding carboxylic acids is 1. The van der Waals surface area contributed by atoms with Gasteiger partial charge in [0.2, 0.25) is 5.91 Å². The SMILES string of the molecule is Cc1ccccc1/C=C/CC1C(=O)N(C)C(N)=N[C@]1(C)c1cc(-c2cccc(N)c2)cs1. The van der Waals surface area contributed by atoms with Crippen LogP contribution >= 0.6 is 11.3 Å². The van der Waals surface area contributed by atoms with E-state index in [2.05, 4.69) is 42.7 Å². The predicted molar refractivity (Wildman–Crippen MR) is 134 cm³/mol. The molecule has 0 fully saturated rings. The van der Waals surface area contributed by atoms with Gasteiger partial charge < -0.3 is 11.5 Å². The van der Waals surface area contributed by atoms with Crippen LogP contribution in [0.25, 0.3) is 17.2 Å². The van der Waals surface area contributed by atoms with Gasteiger partial charge >= 0.3 is 0 Å². The van der Waals surface area contributed by atoms with E-state index in [1.165, 1.54) is 10.5 Å². The van der Waals surface area contributed by atoms with E-state index in [0.29, 0.717) is 6.42 Å². The molecule has 1 aliphatic heterocycles. The third-order valence-corrected chi connectivity index (χ3v) is 7.33. The number of thiophene rings is 1. The van der Waals surface area contributed by atoms with Crippen LogP contribution in [0.5, 0.6) is 0 Å². The fourth-order valence-electron chi connectivity index (χ4n) is 4.11. The monoisotopic (exact) mass is 444 g/mol. The number of hydrogen-bond donors (Lipinski definition) is 2. The second-order valence-electron chi connectivity index (χ2n) is 8.39. The lowest BCUT2D eigenvalue weighted by atomic mass is 9.79. The highest BCUT2D eigenvalue weighted by atomic mass is 32.1. The van der Waals surface area contributed by atoms with Crippen LogP contribution in [0.1, 0.15) is 29.3 Å². The van der Waals surface area contributed by atoms with Crippen LogP contribution in [0.15, 0.2) is 71.0 Å². The topological polar surface area (TPSA) is 84.7 Å². The molecule has 164 valence electrons. The van der Waals surface area contributed by atoms with Crippen LogP contribution in [0.3, 0.4) is 0 Å². The molecule has 1 amide bonds. The lowest BCUT2D eigenvalue weighted by Crippen LogP contribution is -2.53. The molecule has 6 heteroatoms. The van der Waals surface area contributed by atoms with Crippen molar-refractivity contribution in [2.24, 2.45) is 16.6 Å². The van der Waals surface area contributed by atoms with Crippen molar-refractivity contribution in [2.75, 3.05) is 12.8 Å². The number of hydrogen-bond acceptors (Lipinski definition) is 5. The van der Waals surface area contributed by atoms with Crippen molar-refractivity contribution >= 4 is 35.0 Å². The van der Waals surface area contributed by atoms with Gasteiger partial charge in [-0.1, -0.05) is 48.6 Å². The number of benzene rings is 2. The number of aryl methyl sites for hydroxylation is 1. The molecule has 4 N–H and O–H groups in total. The number of anilines is 1.